The van der Waals surface area contributed by atoms with Crippen molar-refractivity contribution in [3.8, 4) is 11.5 Å². The third-order valence-electron chi connectivity index (χ3n) is 6.22. The molecule has 4 amide bonds. The minimum atomic E-state index is -0.384. The number of carbonyl (C=O) groups is 3. The molecule has 166 valence electrons. The molecular formula is C24H25N3O5. The van der Waals surface area contributed by atoms with Gasteiger partial charge in [0.05, 0.1) is 0 Å². The molecule has 3 aliphatic rings. The zero-order chi connectivity index (χ0) is 22.1. The number of hydrogen-bond acceptors (Lipinski definition) is 5. The number of carbonyl (C=O) groups excluding carboxylic acids is 3. The molecule has 32 heavy (non-hydrogen) atoms. The average Bonchev–Trinajstić information content (AvgIpc) is 3.35. The molecule has 0 spiro atoms. The maximum Gasteiger partial charge on any atom is 0.327 e. The third kappa shape index (κ3) is 3.88. The summed E-state index contributed by atoms with van der Waals surface area (Å²) in [4.78, 5) is 40.8. The lowest BCUT2D eigenvalue weighted by atomic mass is 9.95. The van der Waals surface area contributed by atoms with E-state index in [0.717, 1.165) is 17.5 Å². The van der Waals surface area contributed by atoms with Crippen LogP contribution in [0, 0.1) is 0 Å². The minimum Gasteiger partial charge on any atom is -0.454 e. The summed E-state index contributed by atoms with van der Waals surface area (Å²) in [5.74, 6) is 1.12. The highest BCUT2D eigenvalue weighted by atomic mass is 16.7. The van der Waals surface area contributed by atoms with Crippen LogP contribution >= 0.6 is 0 Å². The lowest BCUT2D eigenvalue weighted by molar-refractivity contribution is -0.128. The first-order valence-corrected chi connectivity index (χ1v) is 11.0. The van der Waals surface area contributed by atoms with Gasteiger partial charge in [0.1, 0.15) is 6.04 Å². The zero-order valence-corrected chi connectivity index (χ0v) is 17.7. The number of rotatable bonds is 7. The highest BCUT2D eigenvalue weighted by molar-refractivity contribution is 6.04. The first-order valence-electron chi connectivity index (χ1n) is 11.0. The molecule has 5 rings (SSSR count). The molecule has 3 heterocycles. The molecule has 8 nitrogen and oxygen atoms in total. The van der Waals surface area contributed by atoms with Gasteiger partial charge in [-0.05, 0) is 36.1 Å². The van der Waals surface area contributed by atoms with E-state index in [0.29, 0.717) is 56.0 Å². The van der Waals surface area contributed by atoms with Crippen LogP contribution in [0.5, 0.6) is 11.5 Å². The Bertz CT molecular complexity index is 1030. The van der Waals surface area contributed by atoms with E-state index in [4.69, 9.17) is 9.47 Å². The van der Waals surface area contributed by atoms with Crippen LogP contribution in [-0.2, 0) is 22.6 Å². The number of unbranched alkanes of at least 4 members (excludes halogenated alkanes) is 2. The molecule has 8 heteroatoms. The predicted molar refractivity (Wildman–Crippen MR) is 116 cm³/mol. The summed E-state index contributed by atoms with van der Waals surface area (Å²) in [6.45, 7) is 1.08. The van der Waals surface area contributed by atoms with Crippen LogP contribution in [0.4, 0.5) is 10.5 Å². The van der Waals surface area contributed by atoms with E-state index in [2.05, 4.69) is 5.32 Å². The quantitative estimate of drug-likeness (QED) is 0.533. The predicted octanol–water partition coefficient (Wildman–Crippen LogP) is 3.30. The summed E-state index contributed by atoms with van der Waals surface area (Å²) in [5.41, 5.74) is 2.93. The van der Waals surface area contributed by atoms with Crippen molar-refractivity contribution >= 4 is 23.5 Å². The largest absolute Gasteiger partial charge is 0.454 e. The molecule has 2 aromatic carbocycles. The summed E-state index contributed by atoms with van der Waals surface area (Å²) >= 11 is 0. The highest BCUT2D eigenvalue weighted by Gasteiger charge is 2.46. The number of urea groups is 1. The Hall–Kier alpha value is -3.55. The normalized spacial score (nSPS) is 18.6. The Morgan fingerprint density at radius 3 is 2.69 bits per heavy atom. The van der Waals surface area contributed by atoms with Gasteiger partial charge in [0, 0.05) is 37.7 Å². The van der Waals surface area contributed by atoms with Gasteiger partial charge in [0.2, 0.25) is 12.7 Å². The van der Waals surface area contributed by atoms with Crippen molar-refractivity contribution in [3.63, 3.8) is 0 Å². The molecular weight excluding hydrogens is 410 g/mol. The lowest BCUT2D eigenvalue weighted by Crippen LogP contribution is -2.39. The summed E-state index contributed by atoms with van der Waals surface area (Å²) in [6.07, 6.45) is 3.08. The van der Waals surface area contributed by atoms with E-state index >= 15 is 0 Å². The van der Waals surface area contributed by atoms with Crippen LogP contribution in [-0.4, -0.2) is 47.0 Å². The molecule has 2 aromatic rings. The van der Waals surface area contributed by atoms with E-state index in [1.165, 1.54) is 4.90 Å². The van der Waals surface area contributed by atoms with Gasteiger partial charge in [0.25, 0.3) is 5.91 Å². The Labute approximate surface area is 186 Å². The smallest absolute Gasteiger partial charge is 0.327 e. The highest BCUT2D eigenvalue weighted by Crippen LogP contribution is 2.34. The molecule has 0 bridgehead atoms. The molecule has 1 N–H and O–H groups in total. The third-order valence-corrected chi connectivity index (χ3v) is 6.22. The van der Waals surface area contributed by atoms with Crippen LogP contribution in [0.1, 0.15) is 36.8 Å². The van der Waals surface area contributed by atoms with Gasteiger partial charge >= 0.3 is 6.03 Å². The number of nitrogens with one attached hydrogen (secondary N) is 1. The molecule has 0 aromatic heterocycles. The van der Waals surface area contributed by atoms with Gasteiger partial charge in [-0.15, -0.1) is 0 Å². The monoisotopic (exact) mass is 435 g/mol. The number of imide groups is 1. The fraction of sp³-hybridized carbons (Fsp3) is 0.375. The maximum absolute atomic E-state index is 12.8. The summed E-state index contributed by atoms with van der Waals surface area (Å²) in [7, 11) is 0. The van der Waals surface area contributed by atoms with Gasteiger partial charge in [-0.1, -0.05) is 30.7 Å². The van der Waals surface area contributed by atoms with Gasteiger partial charge < -0.3 is 19.7 Å². The van der Waals surface area contributed by atoms with E-state index < -0.39 is 0 Å². The minimum absolute atomic E-state index is 0.0768. The number of benzene rings is 2. The average molecular weight is 435 g/mol. The van der Waals surface area contributed by atoms with Crippen molar-refractivity contribution < 1.29 is 23.9 Å². The molecule has 0 saturated carbocycles. The van der Waals surface area contributed by atoms with Gasteiger partial charge in [0.15, 0.2) is 11.5 Å². The topological polar surface area (TPSA) is 88.2 Å². The molecule has 1 fully saturated rings. The molecule has 1 atom stereocenters. The zero-order valence-electron chi connectivity index (χ0n) is 17.7. The van der Waals surface area contributed by atoms with Gasteiger partial charge in [-0.25, -0.2) is 4.79 Å². The van der Waals surface area contributed by atoms with E-state index in [1.807, 2.05) is 24.3 Å². The fourth-order valence-electron chi connectivity index (χ4n) is 4.51. The number of anilines is 1. The van der Waals surface area contributed by atoms with Crippen LogP contribution in [0.3, 0.4) is 0 Å². The Morgan fingerprint density at radius 2 is 1.81 bits per heavy atom. The van der Waals surface area contributed by atoms with Crippen molar-refractivity contribution in [1.29, 1.82) is 0 Å². The summed E-state index contributed by atoms with van der Waals surface area (Å²) < 4.78 is 10.6. The number of amides is 4. The Balaban J connectivity index is 1.06. The Morgan fingerprint density at radius 1 is 1.00 bits per heavy atom. The van der Waals surface area contributed by atoms with Crippen LogP contribution in [0.25, 0.3) is 0 Å². The second-order valence-electron chi connectivity index (χ2n) is 8.32. The second-order valence-corrected chi connectivity index (χ2v) is 8.32. The molecule has 1 saturated heterocycles. The van der Waals surface area contributed by atoms with Gasteiger partial charge in [-0.2, -0.15) is 0 Å². The second kappa shape index (κ2) is 8.53. The first kappa shape index (κ1) is 20.4. The number of hydrogen-bond donors (Lipinski definition) is 1. The standard InChI is InChI=1S/C24H25N3O5/c28-22(25-18-9-10-20-21(13-18)32-15-31-20)8-2-1-5-11-26-23(29)19-12-16-6-3-4-7-17(16)14-27(19)24(26)30/h3-4,6-7,9-10,13,19H,1-2,5,8,11-12,14-15H2,(H,25,28)/t19-/m0/s1. The number of nitrogens with zero attached hydrogens (tertiary/aromatic N) is 2. The molecule has 3 aliphatic heterocycles. The van der Waals surface area contributed by atoms with Crippen molar-refractivity contribution in [2.45, 2.75) is 44.7 Å². The molecule has 0 radical (unpaired) electrons. The van der Waals surface area contributed by atoms with Crippen molar-refractivity contribution in [3.05, 3.63) is 53.6 Å². The summed E-state index contributed by atoms with van der Waals surface area (Å²) in [5, 5.41) is 2.86. The van der Waals surface area contributed by atoms with Crippen molar-refractivity contribution in [2.24, 2.45) is 0 Å². The van der Waals surface area contributed by atoms with Crippen LogP contribution in [0.15, 0.2) is 42.5 Å². The van der Waals surface area contributed by atoms with Crippen molar-refractivity contribution in [2.75, 3.05) is 18.7 Å². The fourth-order valence-corrected chi connectivity index (χ4v) is 4.51. The number of ether oxygens (including phenoxy) is 2. The van der Waals surface area contributed by atoms with E-state index in [9.17, 15) is 14.4 Å². The van der Waals surface area contributed by atoms with E-state index in [1.54, 1.807) is 23.1 Å². The number of fused-ring (bicyclic) bond motifs is 3. The van der Waals surface area contributed by atoms with E-state index in [-0.39, 0.29) is 30.7 Å². The summed E-state index contributed by atoms with van der Waals surface area (Å²) in [6, 6.07) is 12.7. The van der Waals surface area contributed by atoms with Gasteiger partial charge in [-0.3, -0.25) is 14.5 Å². The van der Waals surface area contributed by atoms with Crippen LogP contribution < -0.4 is 14.8 Å². The Kier molecular flexibility index (Phi) is 5.43. The van der Waals surface area contributed by atoms with Crippen molar-refractivity contribution in [1.82, 2.24) is 9.80 Å². The first-order chi connectivity index (χ1) is 15.6. The molecule has 0 unspecified atom stereocenters. The van der Waals surface area contributed by atoms with Crippen LogP contribution in [0.2, 0.25) is 0 Å². The lowest BCUT2D eigenvalue weighted by Gasteiger charge is -2.28. The molecule has 0 aliphatic carbocycles. The SMILES string of the molecule is O=C(CCCCCN1C(=O)[C@@H]2Cc3ccccc3CN2C1=O)Nc1ccc2c(c1)OCO2. The maximum atomic E-state index is 12.8.